The van der Waals surface area contributed by atoms with Crippen LogP contribution in [0.25, 0.3) is 0 Å². The number of anilines is 1. The van der Waals surface area contributed by atoms with Crippen LogP contribution in [-0.4, -0.2) is 9.91 Å². The summed E-state index contributed by atoms with van der Waals surface area (Å²) >= 11 is 2.08. The molecule has 2 nitrogen and oxygen atoms in total. The molecule has 2 aromatic carbocycles. The Labute approximate surface area is 159 Å². The van der Waals surface area contributed by atoms with Crippen LogP contribution in [0.15, 0.2) is 65.8 Å². The molecular formula is C23H24N2S. The first-order valence-corrected chi connectivity index (χ1v) is 10.8. The second-order valence-electron chi connectivity index (χ2n) is 8.58. The van der Waals surface area contributed by atoms with E-state index >= 15 is 0 Å². The highest BCUT2D eigenvalue weighted by Gasteiger charge is 2.63. The maximum Gasteiger partial charge on any atom is 0.126 e. The van der Waals surface area contributed by atoms with Crippen molar-refractivity contribution in [2.24, 2.45) is 28.8 Å². The fraction of sp³-hybridized carbons (Fsp3) is 0.435. The van der Waals surface area contributed by atoms with E-state index in [4.69, 9.17) is 5.10 Å². The Morgan fingerprint density at radius 1 is 0.769 bits per heavy atom. The van der Waals surface area contributed by atoms with Gasteiger partial charge in [0.05, 0.1) is 5.69 Å². The van der Waals surface area contributed by atoms with Gasteiger partial charge in [0.1, 0.15) is 9.91 Å². The predicted molar refractivity (Wildman–Crippen MR) is 109 cm³/mol. The van der Waals surface area contributed by atoms with Crippen LogP contribution in [0.5, 0.6) is 0 Å². The van der Waals surface area contributed by atoms with Crippen LogP contribution in [-0.2, 0) is 0 Å². The number of hydrogen-bond acceptors (Lipinski definition) is 3. The van der Waals surface area contributed by atoms with Gasteiger partial charge in [-0.05, 0) is 67.9 Å². The smallest absolute Gasteiger partial charge is 0.126 e. The van der Waals surface area contributed by atoms with Gasteiger partial charge in [-0.25, -0.2) is 5.01 Å². The molecule has 0 radical (unpaired) electrons. The number of hydrogen-bond donors (Lipinski definition) is 0. The van der Waals surface area contributed by atoms with E-state index in [1.54, 1.807) is 0 Å². The van der Waals surface area contributed by atoms with Gasteiger partial charge in [-0.1, -0.05) is 60.3 Å². The van der Waals surface area contributed by atoms with Crippen LogP contribution in [0, 0.1) is 23.7 Å². The van der Waals surface area contributed by atoms with Gasteiger partial charge in [0.2, 0.25) is 0 Å². The van der Waals surface area contributed by atoms with Crippen molar-refractivity contribution in [2.75, 3.05) is 5.01 Å². The Bertz CT molecular complexity index is 817. The number of thioether (sulfide) groups is 1. The molecule has 26 heavy (non-hydrogen) atoms. The first-order valence-electron chi connectivity index (χ1n) is 10.0. The largest absolute Gasteiger partial charge is 0.247 e. The zero-order valence-corrected chi connectivity index (χ0v) is 15.7. The molecule has 2 aromatic rings. The summed E-state index contributed by atoms with van der Waals surface area (Å²) < 4.78 is 0. The molecule has 7 rings (SSSR count). The molecule has 0 atom stereocenters. The summed E-state index contributed by atoms with van der Waals surface area (Å²) in [6, 6.07) is 21.7. The molecular weight excluding hydrogens is 336 g/mol. The number of hydrazone groups is 1. The number of benzene rings is 2. The average molecular weight is 361 g/mol. The fourth-order valence-electron chi connectivity index (χ4n) is 6.29. The van der Waals surface area contributed by atoms with Crippen LogP contribution >= 0.6 is 11.8 Å². The molecule has 4 fully saturated rings. The Morgan fingerprint density at radius 3 is 1.96 bits per heavy atom. The summed E-state index contributed by atoms with van der Waals surface area (Å²) in [6.45, 7) is 0. The van der Waals surface area contributed by atoms with E-state index in [-0.39, 0.29) is 4.87 Å². The lowest BCUT2D eigenvalue weighted by molar-refractivity contribution is -0.0162. The Morgan fingerprint density at radius 2 is 1.35 bits per heavy atom. The zero-order valence-electron chi connectivity index (χ0n) is 14.9. The van der Waals surface area contributed by atoms with Crippen molar-refractivity contribution in [3.05, 3.63) is 66.2 Å². The molecule has 1 aliphatic heterocycles. The monoisotopic (exact) mass is 360 g/mol. The van der Waals surface area contributed by atoms with E-state index < -0.39 is 0 Å². The third-order valence-electron chi connectivity index (χ3n) is 7.11. The minimum absolute atomic E-state index is 0.139. The van der Waals surface area contributed by atoms with E-state index in [0.29, 0.717) is 0 Å². The van der Waals surface area contributed by atoms with Crippen molar-refractivity contribution >= 4 is 22.5 Å². The minimum Gasteiger partial charge on any atom is -0.247 e. The van der Waals surface area contributed by atoms with E-state index in [1.165, 1.54) is 48.4 Å². The van der Waals surface area contributed by atoms with Gasteiger partial charge in [0, 0.05) is 5.56 Å². The molecule has 0 amide bonds. The molecule has 0 unspecified atom stereocenters. The quantitative estimate of drug-likeness (QED) is 0.677. The van der Waals surface area contributed by atoms with Crippen LogP contribution in [0.3, 0.4) is 0 Å². The molecule has 0 N–H and O–H groups in total. The Hall–Kier alpha value is -1.74. The number of para-hydroxylation sites is 1. The third kappa shape index (κ3) is 2.10. The summed E-state index contributed by atoms with van der Waals surface area (Å²) in [5.74, 6) is 3.49. The topological polar surface area (TPSA) is 15.6 Å². The van der Waals surface area contributed by atoms with E-state index in [1.807, 2.05) is 0 Å². The summed E-state index contributed by atoms with van der Waals surface area (Å²) in [6.07, 6.45) is 7.11. The molecule has 4 aliphatic carbocycles. The lowest BCUT2D eigenvalue weighted by atomic mass is 9.53. The van der Waals surface area contributed by atoms with E-state index in [9.17, 15) is 0 Å². The number of nitrogens with zero attached hydrogens (tertiary/aromatic N) is 2. The lowest BCUT2D eigenvalue weighted by Gasteiger charge is -2.61. The summed E-state index contributed by atoms with van der Waals surface area (Å²) in [5.41, 5.74) is 2.53. The van der Waals surface area contributed by atoms with Crippen molar-refractivity contribution < 1.29 is 0 Å². The van der Waals surface area contributed by atoms with Gasteiger partial charge >= 0.3 is 0 Å². The van der Waals surface area contributed by atoms with Crippen molar-refractivity contribution in [1.82, 2.24) is 0 Å². The standard InChI is InChI=1S/C23H24N2S/c1-3-7-18(8-4-1)22-24-25(21-9-5-2-6-10-21)23(26-22)19-12-16-11-17(14-19)15-20(23)13-16/h1-10,16-17,19-20H,11-15H2. The van der Waals surface area contributed by atoms with Gasteiger partial charge in [0.25, 0.3) is 0 Å². The molecule has 0 aromatic heterocycles. The van der Waals surface area contributed by atoms with Crippen LogP contribution in [0.1, 0.15) is 37.7 Å². The second-order valence-corrected chi connectivity index (χ2v) is 9.82. The van der Waals surface area contributed by atoms with Crippen LogP contribution < -0.4 is 5.01 Å². The zero-order chi connectivity index (χ0) is 17.1. The van der Waals surface area contributed by atoms with Crippen LogP contribution in [0.4, 0.5) is 5.69 Å². The van der Waals surface area contributed by atoms with Gasteiger partial charge in [-0.3, -0.25) is 0 Å². The molecule has 132 valence electrons. The number of rotatable bonds is 2. The van der Waals surface area contributed by atoms with Gasteiger partial charge in [-0.15, -0.1) is 0 Å². The highest BCUT2D eigenvalue weighted by molar-refractivity contribution is 8.16. The molecule has 5 aliphatic rings. The molecule has 4 bridgehead atoms. The fourth-order valence-corrected chi connectivity index (χ4v) is 7.92. The van der Waals surface area contributed by atoms with Crippen LogP contribution in [0.2, 0.25) is 0 Å². The van der Waals surface area contributed by atoms with Gasteiger partial charge in [0.15, 0.2) is 0 Å². The Kier molecular flexibility index (Phi) is 3.32. The maximum atomic E-state index is 5.24. The molecule has 0 saturated heterocycles. The minimum atomic E-state index is 0.139. The van der Waals surface area contributed by atoms with Crippen molar-refractivity contribution in [3.8, 4) is 0 Å². The summed E-state index contributed by atoms with van der Waals surface area (Å²) in [7, 11) is 0. The lowest BCUT2D eigenvalue weighted by Crippen LogP contribution is -2.61. The maximum absolute atomic E-state index is 5.24. The third-order valence-corrected chi connectivity index (χ3v) is 8.79. The highest BCUT2D eigenvalue weighted by Crippen LogP contribution is 2.66. The highest BCUT2D eigenvalue weighted by atomic mass is 32.2. The SMILES string of the molecule is c1ccc(C2=NN(c3ccccc3)C3(S2)C2CC4CC(C2)CC3C4)cc1. The van der Waals surface area contributed by atoms with Crippen molar-refractivity contribution in [2.45, 2.75) is 37.0 Å². The van der Waals surface area contributed by atoms with E-state index in [0.717, 1.165) is 23.7 Å². The van der Waals surface area contributed by atoms with Gasteiger partial charge < -0.3 is 0 Å². The van der Waals surface area contributed by atoms with Crippen molar-refractivity contribution in [3.63, 3.8) is 0 Å². The molecule has 3 heteroatoms. The molecule has 4 saturated carbocycles. The summed E-state index contributed by atoms with van der Waals surface area (Å²) in [5, 5.41) is 8.89. The first-order chi connectivity index (χ1) is 12.8. The van der Waals surface area contributed by atoms with Gasteiger partial charge in [-0.2, -0.15) is 5.10 Å². The average Bonchev–Trinajstić information content (AvgIpc) is 3.09. The predicted octanol–water partition coefficient (Wildman–Crippen LogP) is 5.75. The molecule has 1 heterocycles. The second kappa shape index (κ2) is 5.63. The normalized spacial score (nSPS) is 37.4. The first kappa shape index (κ1) is 15.3. The Balaban J connectivity index is 1.48. The summed E-state index contributed by atoms with van der Waals surface area (Å²) in [4.78, 5) is 0.139. The molecule has 1 spiro atoms. The van der Waals surface area contributed by atoms with Crippen molar-refractivity contribution in [1.29, 1.82) is 0 Å². The van der Waals surface area contributed by atoms with E-state index in [2.05, 4.69) is 77.4 Å².